The van der Waals surface area contributed by atoms with Gasteiger partial charge >= 0.3 is 0 Å². The molecule has 0 amide bonds. The Kier molecular flexibility index (Phi) is 3.84. The molecule has 6 heteroatoms. The molecule has 2 rings (SSSR count). The fraction of sp³-hybridized carbons (Fsp3) is 0.538. The van der Waals surface area contributed by atoms with Crippen LogP contribution in [0.15, 0.2) is 12.1 Å². The number of nitrogen functional groups attached to an aromatic ring is 1. The molecule has 0 unspecified atom stereocenters. The molecule has 0 radical (unpaired) electrons. The van der Waals surface area contributed by atoms with Crippen molar-refractivity contribution in [2.45, 2.75) is 44.8 Å². The highest BCUT2D eigenvalue weighted by Crippen LogP contribution is 2.37. The standard InChI is InChI=1S/C13H21N3O3/c1-9-11(14)7-10(8-12(9)17)16(18)13(19-15)5-3-2-4-6-13/h7-8,17-18H,2-6,14-15H2,1H3/p-1. The van der Waals surface area contributed by atoms with E-state index in [2.05, 4.69) is 0 Å². The number of nitrogens with two attached hydrogens (primary N) is 2. The zero-order valence-electron chi connectivity index (χ0n) is 11.1. The molecule has 0 aromatic heterocycles. The van der Waals surface area contributed by atoms with Gasteiger partial charge in [-0.15, -0.1) is 5.75 Å². The Hall–Kier alpha value is -1.50. The molecule has 1 aliphatic carbocycles. The number of anilines is 2. The second-order valence-electron chi connectivity index (χ2n) is 5.09. The maximum atomic E-state index is 11.8. The Balaban J connectivity index is 2.34. The second-order valence-corrected chi connectivity index (χ2v) is 5.09. The van der Waals surface area contributed by atoms with Gasteiger partial charge in [0.25, 0.3) is 0 Å². The highest BCUT2D eigenvalue weighted by Gasteiger charge is 2.39. The van der Waals surface area contributed by atoms with Crippen LogP contribution in [-0.4, -0.2) is 10.9 Å². The van der Waals surface area contributed by atoms with Crippen molar-refractivity contribution < 1.29 is 15.2 Å². The zero-order chi connectivity index (χ0) is 14.0. The Morgan fingerprint density at radius 3 is 2.47 bits per heavy atom. The number of hydrogen-bond acceptors (Lipinski definition) is 6. The van der Waals surface area contributed by atoms with Gasteiger partial charge in [0.05, 0.1) is 5.69 Å². The first-order chi connectivity index (χ1) is 9.00. The van der Waals surface area contributed by atoms with Crippen molar-refractivity contribution in [3.63, 3.8) is 0 Å². The Labute approximate surface area is 112 Å². The van der Waals surface area contributed by atoms with E-state index in [9.17, 15) is 10.3 Å². The van der Waals surface area contributed by atoms with Gasteiger partial charge in [-0.1, -0.05) is 6.42 Å². The molecule has 1 aromatic rings. The maximum absolute atomic E-state index is 11.8. The minimum Gasteiger partial charge on any atom is -0.872 e. The molecule has 0 atom stereocenters. The van der Waals surface area contributed by atoms with Crippen LogP contribution in [0, 0.1) is 6.92 Å². The van der Waals surface area contributed by atoms with Crippen molar-refractivity contribution in [1.29, 1.82) is 0 Å². The minimum atomic E-state index is -0.966. The molecule has 106 valence electrons. The molecule has 6 nitrogen and oxygen atoms in total. The van der Waals surface area contributed by atoms with E-state index in [1.54, 1.807) is 13.0 Å². The molecule has 0 heterocycles. The summed E-state index contributed by atoms with van der Waals surface area (Å²) < 4.78 is 0. The van der Waals surface area contributed by atoms with Crippen molar-refractivity contribution in [3.05, 3.63) is 17.7 Å². The van der Waals surface area contributed by atoms with Crippen LogP contribution in [0.3, 0.4) is 0 Å². The third-order valence-electron chi connectivity index (χ3n) is 3.87. The van der Waals surface area contributed by atoms with E-state index in [1.807, 2.05) is 0 Å². The summed E-state index contributed by atoms with van der Waals surface area (Å²) in [5.74, 6) is 5.16. The van der Waals surface area contributed by atoms with Crippen LogP contribution in [0.25, 0.3) is 0 Å². The van der Waals surface area contributed by atoms with Gasteiger partial charge in [-0.2, -0.15) is 0 Å². The molecule has 1 fully saturated rings. The molecule has 1 aromatic carbocycles. The van der Waals surface area contributed by atoms with E-state index in [-0.39, 0.29) is 5.75 Å². The van der Waals surface area contributed by atoms with Crippen LogP contribution >= 0.6 is 0 Å². The van der Waals surface area contributed by atoms with Crippen LogP contribution in [0.4, 0.5) is 11.4 Å². The Bertz CT molecular complexity index is 435. The molecule has 1 saturated carbocycles. The van der Waals surface area contributed by atoms with E-state index >= 15 is 0 Å². The van der Waals surface area contributed by atoms with Crippen LogP contribution < -0.4 is 21.8 Å². The fourth-order valence-electron chi connectivity index (χ4n) is 2.54. The van der Waals surface area contributed by atoms with Crippen molar-refractivity contribution in [2.24, 2.45) is 5.90 Å². The SMILES string of the molecule is Cc1c(N)cc(N(O)C2(ON)CCCCC2)cc1[O-]. The van der Waals surface area contributed by atoms with E-state index in [0.717, 1.165) is 24.3 Å². The molecule has 0 aliphatic heterocycles. The molecular formula is C13H20N3O3-. The van der Waals surface area contributed by atoms with Crippen molar-refractivity contribution in [3.8, 4) is 5.75 Å². The molecule has 0 saturated heterocycles. The van der Waals surface area contributed by atoms with Gasteiger partial charge in [-0.05, 0) is 50.3 Å². The largest absolute Gasteiger partial charge is 0.872 e. The smallest absolute Gasteiger partial charge is 0.184 e. The van der Waals surface area contributed by atoms with Gasteiger partial charge in [0, 0.05) is 5.69 Å². The average Bonchev–Trinajstić information content (AvgIpc) is 2.44. The van der Waals surface area contributed by atoms with Crippen molar-refractivity contribution in [2.75, 3.05) is 10.8 Å². The molecule has 0 spiro atoms. The second kappa shape index (κ2) is 5.24. The first kappa shape index (κ1) is 13.9. The number of hydroxylamine groups is 1. The summed E-state index contributed by atoms with van der Waals surface area (Å²) >= 11 is 0. The minimum absolute atomic E-state index is 0.211. The maximum Gasteiger partial charge on any atom is 0.184 e. The van der Waals surface area contributed by atoms with Gasteiger partial charge < -0.3 is 10.8 Å². The number of nitrogens with zero attached hydrogens (tertiary/aromatic N) is 1. The third kappa shape index (κ3) is 2.47. The topological polar surface area (TPSA) is 108 Å². The summed E-state index contributed by atoms with van der Waals surface area (Å²) in [6, 6.07) is 2.91. The van der Waals surface area contributed by atoms with Gasteiger partial charge in [0.15, 0.2) is 5.72 Å². The van der Waals surface area contributed by atoms with Gasteiger partial charge in [0.1, 0.15) is 0 Å². The lowest BCUT2D eigenvalue weighted by Gasteiger charge is -2.41. The van der Waals surface area contributed by atoms with E-state index in [0.29, 0.717) is 29.8 Å². The average molecular weight is 266 g/mol. The van der Waals surface area contributed by atoms with Crippen LogP contribution in [0.5, 0.6) is 5.75 Å². The van der Waals surface area contributed by atoms with Gasteiger partial charge in [-0.3, -0.25) is 10.0 Å². The van der Waals surface area contributed by atoms with E-state index in [4.69, 9.17) is 16.5 Å². The number of rotatable bonds is 3. The summed E-state index contributed by atoms with van der Waals surface area (Å²) in [6.07, 6.45) is 4.14. The van der Waals surface area contributed by atoms with Gasteiger partial charge in [-0.25, -0.2) is 11.0 Å². The highest BCUT2D eigenvalue weighted by atomic mass is 16.7. The summed E-state index contributed by atoms with van der Waals surface area (Å²) in [4.78, 5) is 5.04. The summed E-state index contributed by atoms with van der Waals surface area (Å²) in [6.45, 7) is 1.65. The van der Waals surface area contributed by atoms with Crippen molar-refractivity contribution >= 4 is 11.4 Å². The normalized spacial score (nSPS) is 18.3. The summed E-state index contributed by atoms with van der Waals surface area (Å²) in [5, 5.41) is 23.1. The number of benzene rings is 1. The van der Waals surface area contributed by atoms with E-state index < -0.39 is 5.72 Å². The van der Waals surface area contributed by atoms with Gasteiger partial charge in [0.2, 0.25) is 0 Å². The van der Waals surface area contributed by atoms with Crippen molar-refractivity contribution in [1.82, 2.24) is 0 Å². The quantitative estimate of drug-likeness (QED) is 0.433. The fourth-order valence-corrected chi connectivity index (χ4v) is 2.54. The third-order valence-corrected chi connectivity index (χ3v) is 3.87. The number of hydrogen-bond donors (Lipinski definition) is 3. The monoisotopic (exact) mass is 266 g/mol. The molecule has 1 aliphatic rings. The molecule has 5 N–H and O–H groups in total. The Morgan fingerprint density at radius 1 is 1.32 bits per heavy atom. The highest BCUT2D eigenvalue weighted by molar-refractivity contribution is 5.64. The predicted molar refractivity (Wildman–Crippen MR) is 70.4 cm³/mol. The van der Waals surface area contributed by atoms with E-state index in [1.165, 1.54) is 6.07 Å². The summed E-state index contributed by atoms with van der Waals surface area (Å²) in [5.41, 5.74) is 5.94. The van der Waals surface area contributed by atoms with Crippen LogP contribution in [0.2, 0.25) is 0 Å². The lowest BCUT2D eigenvalue weighted by molar-refractivity contribution is -0.269. The molecule has 19 heavy (non-hydrogen) atoms. The summed E-state index contributed by atoms with van der Waals surface area (Å²) in [7, 11) is 0. The van der Waals surface area contributed by atoms with Crippen LogP contribution in [0.1, 0.15) is 37.7 Å². The zero-order valence-corrected chi connectivity index (χ0v) is 11.1. The lowest BCUT2D eigenvalue weighted by Crippen LogP contribution is -2.52. The predicted octanol–water partition coefficient (Wildman–Crippen LogP) is 1.40. The Morgan fingerprint density at radius 2 is 1.95 bits per heavy atom. The first-order valence-electron chi connectivity index (χ1n) is 6.44. The molecular weight excluding hydrogens is 246 g/mol. The molecule has 0 bridgehead atoms. The lowest BCUT2D eigenvalue weighted by atomic mass is 9.91. The first-order valence-corrected chi connectivity index (χ1v) is 6.44. The van der Waals surface area contributed by atoms with Crippen LogP contribution in [-0.2, 0) is 4.84 Å².